The molecule has 0 heterocycles. The highest BCUT2D eigenvalue weighted by Gasteiger charge is 2.43. The van der Waals surface area contributed by atoms with E-state index in [2.05, 4.69) is 37.4 Å². The van der Waals surface area contributed by atoms with Crippen LogP contribution >= 0.6 is 12.4 Å². The van der Waals surface area contributed by atoms with Gasteiger partial charge in [0.05, 0.1) is 5.41 Å². The SMILES string of the molecule is CC(C)NCCC1(c2ccccc2)CCc2ccccc2C1=O.Cl. The second-order valence-electron chi connectivity index (χ2n) is 6.79. The molecule has 2 aromatic rings. The van der Waals surface area contributed by atoms with Crippen molar-refractivity contribution in [3.05, 3.63) is 71.3 Å². The first kappa shape index (κ1) is 18.7. The van der Waals surface area contributed by atoms with E-state index in [1.165, 1.54) is 5.56 Å². The number of benzene rings is 2. The molecule has 0 saturated carbocycles. The molecular formula is C21H26ClNO. The molecule has 24 heavy (non-hydrogen) atoms. The molecule has 2 nitrogen and oxygen atoms in total. The normalized spacial score (nSPS) is 19.7. The average molecular weight is 344 g/mol. The van der Waals surface area contributed by atoms with Crippen LogP contribution in [0.5, 0.6) is 0 Å². The van der Waals surface area contributed by atoms with Crippen LogP contribution in [0.25, 0.3) is 0 Å². The van der Waals surface area contributed by atoms with Gasteiger partial charge in [0, 0.05) is 11.6 Å². The number of nitrogens with one attached hydrogen (secondary N) is 1. The second-order valence-corrected chi connectivity index (χ2v) is 6.79. The summed E-state index contributed by atoms with van der Waals surface area (Å²) < 4.78 is 0. The van der Waals surface area contributed by atoms with E-state index in [1.54, 1.807) is 0 Å². The third-order valence-electron chi connectivity index (χ3n) is 4.95. The summed E-state index contributed by atoms with van der Waals surface area (Å²) in [6, 6.07) is 18.9. The number of fused-ring (bicyclic) bond motifs is 1. The van der Waals surface area contributed by atoms with Gasteiger partial charge in [-0.2, -0.15) is 0 Å². The maximum atomic E-state index is 13.4. The number of ketones is 1. The van der Waals surface area contributed by atoms with Crippen molar-refractivity contribution >= 4 is 18.2 Å². The van der Waals surface area contributed by atoms with Gasteiger partial charge < -0.3 is 5.32 Å². The highest BCUT2D eigenvalue weighted by atomic mass is 35.5. The van der Waals surface area contributed by atoms with Crippen molar-refractivity contribution < 1.29 is 4.79 Å². The summed E-state index contributed by atoms with van der Waals surface area (Å²) in [7, 11) is 0. The van der Waals surface area contributed by atoms with Crippen LogP contribution < -0.4 is 5.32 Å². The Morgan fingerprint density at radius 3 is 2.42 bits per heavy atom. The molecule has 0 aliphatic heterocycles. The number of halogens is 1. The fraction of sp³-hybridized carbons (Fsp3) is 0.381. The Balaban J connectivity index is 0.00000208. The van der Waals surface area contributed by atoms with Gasteiger partial charge in [-0.15, -0.1) is 12.4 Å². The van der Waals surface area contributed by atoms with Gasteiger partial charge in [-0.25, -0.2) is 0 Å². The minimum absolute atomic E-state index is 0. The minimum atomic E-state index is -0.391. The topological polar surface area (TPSA) is 29.1 Å². The number of hydrogen-bond donors (Lipinski definition) is 1. The van der Waals surface area contributed by atoms with Crippen LogP contribution in [-0.2, 0) is 11.8 Å². The van der Waals surface area contributed by atoms with Crippen molar-refractivity contribution in [1.82, 2.24) is 5.32 Å². The monoisotopic (exact) mass is 343 g/mol. The summed E-state index contributed by atoms with van der Waals surface area (Å²) in [4.78, 5) is 13.4. The fourth-order valence-electron chi connectivity index (χ4n) is 3.67. The highest BCUT2D eigenvalue weighted by molar-refractivity contribution is 6.06. The molecule has 0 radical (unpaired) electrons. The lowest BCUT2D eigenvalue weighted by atomic mass is 9.64. The van der Waals surface area contributed by atoms with E-state index in [4.69, 9.17) is 0 Å². The minimum Gasteiger partial charge on any atom is -0.314 e. The molecule has 3 heteroatoms. The van der Waals surface area contributed by atoms with Crippen LogP contribution in [0.4, 0.5) is 0 Å². The summed E-state index contributed by atoms with van der Waals surface area (Å²) in [5.41, 5.74) is 2.87. The predicted octanol–water partition coefficient (Wildman–Crippen LogP) is 4.56. The molecule has 0 bridgehead atoms. The van der Waals surface area contributed by atoms with Gasteiger partial charge in [0.2, 0.25) is 0 Å². The number of aryl methyl sites for hydroxylation is 1. The van der Waals surface area contributed by atoms with E-state index >= 15 is 0 Å². The summed E-state index contributed by atoms with van der Waals surface area (Å²) in [5.74, 6) is 0.288. The summed E-state index contributed by atoms with van der Waals surface area (Å²) in [5, 5.41) is 3.48. The van der Waals surface area contributed by atoms with Crippen molar-refractivity contribution in [2.45, 2.75) is 44.6 Å². The smallest absolute Gasteiger partial charge is 0.173 e. The Morgan fingerprint density at radius 2 is 1.71 bits per heavy atom. The zero-order valence-corrected chi connectivity index (χ0v) is 15.2. The van der Waals surface area contributed by atoms with E-state index in [-0.39, 0.29) is 18.2 Å². The average Bonchev–Trinajstić information content (AvgIpc) is 2.58. The van der Waals surface area contributed by atoms with Crippen molar-refractivity contribution in [3.8, 4) is 0 Å². The largest absolute Gasteiger partial charge is 0.314 e. The van der Waals surface area contributed by atoms with Gasteiger partial charge in [0.15, 0.2) is 5.78 Å². The number of rotatable bonds is 5. The van der Waals surface area contributed by atoms with Crippen molar-refractivity contribution in [3.63, 3.8) is 0 Å². The van der Waals surface area contributed by atoms with Gasteiger partial charge in [0.25, 0.3) is 0 Å². The van der Waals surface area contributed by atoms with Crippen LogP contribution in [0, 0.1) is 0 Å². The van der Waals surface area contributed by atoms with Gasteiger partial charge in [-0.05, 0) is 36.9 Å². The van der Waals surface area contributed by atoms with Gasteiger partial charge in [0.1, 0.15) is 0 Å². The number of Topliss-reactive ketones (excluding diaryl/α,β-unsaturated/α-hetero) is 1. The Bertz CT molecular complexity index is 683. The standard InChI is InChI=1S/C21H25NO.ClH/c1-16(2)22-15-14-21(18-9-4-3-5-10-18)13-12-17-8-6-7-11-19(17)20(21)23;/h3-11,16,22H,12-15H2,1-2H3;1H. The zero-order valence-electron chi connectivity index (χ0n) is 14.4. The molecule has 0 fully saturated rings. The molecule has 0 aromatic heterocycles. The van der Waals surface area contributed by atoms with E-state index < -0.39 is 5.41 Å². The fourth-order valence-corrected chi connectivity index (χ4v) is 3.67. The van der Waals surface area contributed by atoms with Crippen molar-refractivity contribution in [2.24, 2.45) is 0 Å². The third kappa shape index (κ3) is 3.55. The van der Waals surface area contributed by atoms with E-state index in [1.807, 2.05) is 36.4 Å². The molecule has 0 spiro atoms. The molecule has 128 valence electrons. The Morgan fingerprint density at radius 1 is 1.04 bits per heavy atom. The van der Waals surface area contributed by atoms with E-state index in [0.717, 1.165) is 36.9 Å². The molecule has 3 rings (SSSR count). The van der Waals surface area contributed by atoms with Crippen LogP contribution in [0.3, 0.4) is 0 Å². The Labute approximate surface area is 151 Å². The van der Waals surface area contributed by atoms with Crippen LogP contribution in [-0.4, -0.2) is 18.4 Å². The molecule has 1 aliphatic carbocycles. The lowest BCUT2D eigenvalue weighted by molar-refractivity contribution is 0.0848. The quantitative estimate of drug-likeness (QED) is 0.862. The molecule has 1 N–H and O–H groups in total. The first-order valence-corrected chi connectivity index (χ1v) is 8.55. The van der Waals surface area contributed by atoms with E-state index in [9.17, 15) is 4.79 Å². The lowest BCUT2D eigenvalue weighted by Gasteiger charge is -2.37. The van der Waals surface area contributed by atoms with Crippen LogP contribution in [0.1, 0.15) is 48.2 Å². The zero-order chi connectivity index (χ0) is 16.3. The number of hydrogen-bond acceptors (Lipinski definition) is 2. The second kappa shape index (κ2) is 7.96. The number of carbonyl (C=O) groups excluding carboxylic acids is 1. The predicted molar refractivity (Wildman–Crippen MR) is 102 cm³/mol. The van der Waals surface area contributed by atoms with Gasteiger partial charge >= 0.3 is 0 Å². The highest BCUT2D eigenvalue weighted by Crippen LogP contribution is 2.40. The molecule has 1 aliphatic rings. The van der Waals surface area contributed by atoms with Crippen molar-refractivity contribution in [1.29, 1.82) is 0 Å². The molecular weight excluding hydrogens is 318 g/mol. The summed E-state index contributed by atoms with van der Waals surface area (Å²) in [6.45, 7) is 5.15. The molecule has 0 saturated heterocycles. The Kier molecular flexibility index (Phi) is 6.20. The first-order chi connectivity index (χ1) is 11.1. The third-order valence-corrected chi connectivity index (χ3v) is 4.95. The molecule has 0 amide bonds. The van der Waals surface area contributed by atoms with Gasteiger partial charge in [-0.3, -0.25) is 4.79 Å². The van der Waals surface area contributed by atoms with E-state index in [0.29, 0.717) is 6.04 Å². The maximum Gasteiger partial charge on any atom is 0.173 e. The number of carbonyl (C=O) groups is 1. The molecule has 1 unspecified atom stereocenters. The summed E-state index contributed by atoms with van der Waals surface area (Å²) in [6.07, 6.45) is 2.72. The maximum absolute atomic E-state index is 13.4. The molecule has 1 atom stereocenters. The summed E-state index contributed by atoms with van der Waals surface area (Å²) >= 11 is 0. The van der Waals surface area contributed by atoms with Crippen LogP contribution in [0.15, 0.2) is 54.6 Å². The first-order valence-electron chi connectivity index (χ1n) is 8.55. The van der Waals surface area contributed by atoms with Crippen LogP contribution in [0.2, 0.25) is 0 Å². The van der Waals surface area contributed by atoms with Gasteiger partial charge in [-0.1, -0.05) is 68.4 Å². The lowest BCUT2D eigenvalue weighted by Crippen LogP contribution is -2.43. The Hall–Kier alpha value is -1.64. The van der Waals surface area contributed by atoms with Crippen molar-refractivity contribution in [2.75, 3.05) is 6.54 Å². The molecule has 2 aromatic carbocycles.